The van der Waals surface area contributed by atoms with E-state index in [0.29, 0.717) is 13.1 Å². The van der Waals surface area contributed by atoms with Crippen molar-refractivity contribution in [2.24, 2.45) is 5.41 Å². The number of hydrogen-bond donors (Lipinski definition) is 2. The molecule has 0 aromatic carbocycles. The predicted molar refractivity (Wildman–Crippen MR) is 75.8 cm³/mol. The number of nitrogens with zero attached hydrogens (tertiary/aromatic N) is 1. The number of rotatable bonds is 6. The highest BCUT2D eigenvalue weighted by molar-refractivity contribution is 5.88. The smallest absolute Gasteiger partial charge is 0.239 e. The van der Waals surface area contributed by atoms with Crippen LogP contribution >= 0.6 is 0 Å². The van der Waals surface area contributed by atoms with Gasteiger partial charge in [0.1, 0.15) is 0 Å². The van der Waals surface area contributed by atoms with Crippen LogP contribution in [0.15, 0.2) is 0 Å². The highest BCUT2D eigenvalue weighted by Crippen LogP contribution is 2.32. The Balaban J connectivity index is 2.72. The maximum atomic E-state index is 12.7. The van der Waals surface area contributed by atoms with Crippen LogP contribution in [0.5, 0.6) is 0 Å². The molecular formula is C14H27N3O2. The second-order valence-corrected chi connectivity index (χ2v) is 5.19. The van der Waals surface area contributed by atoms with Crippen LogP contribution in [-0.4, -0.2) is 49.4 Å². The van der Waals surface area contributed by atoms with Crippen LogP contribution in [0.25, 0.3) is 0 Å². The van der Waals surface area contributed by atoms with E-state index in [1.165, 1.54) is 0 Å². The fourth-order valence-electron chi connectivity index (χ4n) is 2.69. The van der Waals surface area contributed by atoms with Crippen LogP contribution in [0.1, 0.15) is 40.0 Å². The van der Waals surface area contributed by atoms with E-state index in [4.69, 9.17) is 0 Å². The van der Waals surface area contributed by atoms with E-state index in [1.807, 2.05) is 13.8 Å². The molecule has 1 unspecified atom stereocenters. The molecule has 0 spiro atoms. The third kappa shape index (κ3) is 3.93. The maximum absolute atomic E-state index is 12.7. The van der Waals surface area contributed by atoms with Gasteiger partial charge in [-0.05, 0) is 39.7 Å². The largest absolute Gasteiger partial charge is 0.355 e. The summed E-state index contributed by atoms with van der Waals surface area (Å²) < 4.78 is 0. The Morgan fingerprint density at radius 3 is 2.53 bits per heavy atom. The number of carbonyl (C=O) groups is 2. The Labute approximate surface area is 116 Å². The summed E-state index contributed by atoms with van der Waals surface area (Å²) in [5.74, 6) is 0.0451. The predicted octanol–water partition coefficient (Wildman–Crippen LogP) is 0.751. The molecule has 1 rings (SSSR count). The van der Waals surface area contributed by atoms with Crippen LogP contribution in [-0.2, 0) is 9.59 Å². The zero-order valence-corrected chi connectivity index (χ0v) is 12.4. The van der Waals surface area contributed by atoms with Gasteiger partial charge in [-0.3, -0.25) is 9.59 Å². The quantitative estimate of drug-likeness (QED) is 0.748. The van der Waals surface area contributed by atoms with E-state index in [-0.39, 0.29) is 23.8 Å². The molecule has 19 heavy (non-hydrogen) atoms. The molecule has 2 amide bonds. The van der Waals surface area contributed by atoms with Crippen LogP contribution in [0.4, 0.5) is 0 Å². The lowest BCUT2D eigenvalue weighted by atomic mass is 9.77. The summed E-state index contributed by atoms with van der Waals surface area (Å²) in [6.07, 6.45) is 2.77. The topological polar surface area (TPSA) is 61.4 Å². The van der Waals surface area contributed by atoms with Crippen LogP contribution in [0.2, 0.25) is 0 Å². The third-order valence-corrected chi connectivity index (χ3v) is 3.98. The molecule has 0 aromatic heterocycles. The number of carbonyl (C=O) groups excluding carboxylic acids is 2. The van der Waals surface area contributed by atoms with Crippen LogP contribution in [0.3, 0.4) is 0 Å². The highest BCUT2D eigenvalue weighted by Gasteiger charge is 2.40. The lowest BCUT2D eigenvalue weighted by molar-refractivity contribution is -0.146. The highest BCUT2D eigenvalue weighted by atomic mass is 16.2. The summed E-state index contributed by atoms with van der Waals surface area (Å²) >= 11 is 0. The monoisotopic (exact) mass is 269 g/mol. The molecule has 1 fully saturated rings. The van der Waals surface area contributed by atoms with E-state index >= 15 is 0 Å². The molecule has 0 saturated carbocycles. The first kappa shape index (κ1) is 16.0. The SMILES string of the molecule is CCNC(=O)CN(CC)C(=O)C1(CC)CCCNC1. The lowest BCUT2D eigenvalue weighted by Crippen LogP contribution is -2.53. The molecule has 1 aliphatic rings. The summed E-state index contributed by atoms with van der Waals surface area (Å²) in [5, 5.41) is 6.07. The molecule has 0 radical (unpaired) electrons. The molecule has 5 heteroatoms. The van der Waals surface area contributed by atoms with Crippen molar-refractivity contribution in [3.8, 4) is 0 Å². The van der Waals surface area contributed by atoms with Crippen LogP contribution < -0.4 is 10.6 Å². The lowest BCUT2D eigenvalue weighted by Gasteiger charge is -2.39. The zero-order chi connectivity index (χ0) is 14.3. The average Bonchev–Trinajstić information content (AvgIpc) is 2.45. The number of nitrogens with one attached hydrogen (secondary N) is 2. The first-order valence-corrected chi connectivity index (χ1v) is 7.36. The summed E-state index contributed by atoms with van der Waals surface area (Å²) in [6.45, 7) is 8.94. The molecule has 5 nitrogen and oxygen atoms in total. The molecule has 1 atom stereocenters. The average molecular weight is 269 g/mol. The van der Waals surface area contributed by atoms with Gasteiger partial charge in [0.15, 0.2) is 0 Å². The van der Waals surface area contributed by atoms with Crippen molar-refractivity contribution in [1.29, 1.82) is 0 Å². The first-order chi connectivity index (χ1) is 9.09. The Hall–Kier alpha value is -1.10. The molecule has 110 valence electrons. The Bertz CT molecular complexity index is 312. The normalized spacial score (nSPS) is 22.9. The molecule has 0 aromatic rings. The van der Waals surface area contributed by atoms with Gasteiger partial charge in [0, 0.05) is 19.6 Å². The minimum Gasteiger partial charge on any atom is -0.355 e. The number of likely N-dealkylation sites (N-methyl/N-ethyl adjacent to an activating group) is 2. The summed E-state index contributed by atoms with van der Waals surface area (Å²) in [5.41, 5.74) is -0.319. The van der Waals surface area contributed by atoms with Gasteiger partial charge >= 0.3 is 0 Å². The van der Waals surface area contributed by atoms with Crippen molar-refractivity contribution in [3.05, 3.63) is 0 Å². The Morgan fingerprint density at radius 1 is 1.32 bits per heavy atom. The van der Waals surface area contributed by atoms with E-state index < -0.39 is 0 Å². The standard InChI is InChI=1S/C14H27N3O2/c1-4-14(8-7-9-15-11-14)13(19)17(6-3)10-12(18)16-5-2/h15H,4-11H2,1-3H3,(H,16,18). The molecule has 1 heterocycles. The second-order valence-electron chi connectivity index (χ2n) is 5.19. The van der Waals surface area contributed by atoms with Crippen molar-refractivity contribution in [3.63, 3.8) is 0 Å². The van der Waals surface area contributed by atoms with Gasteiger partial charge in [-0.2, -0.15) is 0 Å². The van der Waals surface area contributed by atoms with Gasteiger partial charge in [0.05, 0.1) is 12.0 Å². The van der Waals surface area contributed by atoms with Crippen molar-refractivity contribution in [2.45, 2.75) is 40.0 Å². The van der Waals surface area contributed by atoms with Crippen LogP contribution in [0, 0.1) is 5.41 Å². The van der Waals surface area contributed by atoms with Crippen molar-refractivity contribution in [1.82, 2.24) is 15.5 Å². The van der Waals surface area contributed by atoms with E-state index in [1.54, 1.807) is 4.90 Å². The van der Waals surface area contributed by atoms with E-state index in [0.717, 1.165) is 32.4 Å². The molecular weight excluding hydrogens is 242 g/mol. The Kier molecular flexibility index (Phi) is 6.28. The number of hydrogen-bond acceptors (Lipinski definition) is 3. The van der Waals surface area contributed by atoms with Crippen molar-refractivity contribution < 1.29 is 9.59 Å². The van der Waals surface area contributed by atoms with Gasteiger partial charge in [-0.15, -0.1) is 0 Å². The number of amides is 2. The molecule has 2 N–H and O–H groups in total. The zero-order valence-electron chi connectivity index (χ0n) is 12.4. The fraction of sp³-hybridized carbons (Fsp3) is 0.857. The Morgan fingerprint density at radius 2 is 2.05 bits per heavy atom. The van der Waals surface area contributed by atoms with E-state index in [2.05, 4.69) is 17.6 Å². The molecule has 0 bridgehead atoms. The van der Waals surface area contributed by atoms with Gasteiger partial charge in [0.25, 0.3) is 0 Å². The van der Waals surface area contributed by atoms with Gasteiger partial charge in [-0.1, -0.05) is 6.92 Å². The van der Waals surface area contributed by atoms with Crippen molar-refractivity contribution >= 4 is 11.8 Å². The molecule has 1 saturated heterocycles. The van der Waals surface area contributed by atoms with E-state index in [9.17, 15) is 9.59 Å². The maximum Gasteiger partial charge on any atom is 0.239 e. The summed E-state index contributed by atoms with van der Waals surface area (Å²) in [4.78, 5) is 26.1. The summed E-state index contributed by atoms with van der Waals surface area (Å²) in [6, 6.07) is 0. The molecule has 0 aliphatic carbocycles. The van der Waals surface area contributed by atoms with Gasteiger partial charge in [0.2, 0.25) is 11.8 Å². The minimum atomic E-state index is -0.319. The number of piperidine rings is 1. The third-order valence-electron chi connectivity index (χ3n) is 3.98. The van der Waals surface area contributed by atoms with Gasteiger partial charge in [-0.25, -0.2) is 0 Å². The summed E-state index contributed by atoms with van der Waals surface area (Å²) in [7, 11) is 0. The minimum absolute atomic E-state index is 0.0762. The van der Waals surface area contributed by atoms with Crippen molar-refractivity contribution in [2.75, 3.05) is 32.7 Å². The first-order valence-electron chi connectivity index (χ1n) is 7.36. The molecule has 1 aliphatic heterocycles. The van der Waals surface area contributed by atoms with Gasteiger partial charge < -0.3 is 15.5 Å². The second kappa shape index (κ2) is 7.48. The fourth-order valence-corrected chi connectivity index (χ4v) is 2.69.